The molecule has 0 aromatic carbocycles. The molecule has 1 heterocycles. The van der Waals surface area contributed by atoms with Crippen LogP contribution in [-0.2, 0) is 5.41 Å². The molecule has 1 aromatic heterocycles. The molecular formula is C8H16N2O. The summed E-state index contributed by atoms with van der Waals surface area (Å²) in [6.45, 7) is 10.1. The molecule has 11 heavy (non-hydrogen) atoms. The van der Waals surface area contributed by atoms with Crippen molar-refractivity contribution in [2.75, 3.05) is 0 Å². The maximum Gasteiger partial charge on any atom is 0.213 e. The second-order valence-corrected chi connectivity index (χ2v) is 3.00. The van der Waals surface area contributed by atoms with Crippen LogP contribution in [0.4, 0.5) is 0 Å². The Balaban J connectivity index is 0.000000461. The molecule has 0 bridgehead atoms. The van der Waals surface area contributed by atoms with Crippen LogP contribution < -0.4 is 0 Å². The van der Waals surface area contributed by atoms with Crippen molar-refractivity contribution >= 4 is 0 Å². The molecule has 64 valence electrons. The first-order valence-electron chi connectivity index (χ1n) is 3.87. The predicted octanol–water partition coefficient (Wildman–Crippen LogP) is 2.39. The van der Waals surface area contributed by atoms with Crippen molar-refractivity contribution in [3.05, 3.63) is 12.2 Å². The van der Waals surface area contributed by atoms with Crippen LogP contribution in [0.25, 0.3) is 0 Å². The van der Waals surface area contributed by atoms with Gasteiger partial charge >= 0.3 is 0 Å². The van der Waals surface area contributed by atoms with Gasteiger partial charge in [-0.15, -0.1) is 0 Å². The van der Waals surface area contributed by atoms with Crippen LogP contribution >= 0.6 is 0 Å². The monoisotopic (exact) mass is 156 g/mol. The first-order valence-corrected chi connectivity index (χ1v) is 3.87. The van der Waals surface area contributed by atoms with Crippen molar-refractivity contribution in [3.63, 3.8) is 0 Å². The molecule has 3 heteroatoms. The van der Waals surface area contributed by atoms with E-state index in [2.05, 4.69) is 14.7 Å². The third-order valence-corrected chi connectivity index (χ3v) is 1.03. The van der Waals surface area contributed by atoms with E-state index in [1.165, 1.54) is 6.39 Å². The van der Waals surface area contributed by atoms with Crippen LogP contribution in [0.15, 0.2) is 10.9 Å². The fraction of sp³-hybridized carbons (Fsp3) is 0.750. The average Bonchev–Trinajstić information content (AvgIpc) is 2.40. The molecule has 0 N–H and O–H groups in total. The summed E-state index contributed by atoms with van der Waals surface area (Å²) in [6.07, 6.45) is 1.35. The molecule has 1 rings (SSSR count). The van der Waals surface area contributed by atoms with Crippen LogP contribution in [-0.4, -0.2) is 10.1 Å². The Morgan fingerprint density at radius 2 is 1.82 bits per heavy atom. The van der Waals surface area contributed by atoms with Gasteiger partial charge in [0.2, 0.25) is 6.39 Å². The van der Waals surface area contributed by atoms with Gasteiger partial charge in [-0.1, -0.05) is 39.8 Å². The van der Waals surface area contributed by atoms with E-state index < -0.39 is 0 Å². The first kappa shape index (κ1) is 10.1. The summed E-state index contributed by atoms with van der Waals surface area (Å²) < 4.78 is 4.58. The quantitative estimate of drug-likeness (QED) is 0.579. The Labute approximate surface area is 67.8 Å². The fourth-order valence-electron chi connectivity index (χ4n) is 0.501. The molecule has 0 aliphatic carbocycles. The molecule has 0 saturated heterocycles. The first-order chi connectivity index (χ1) is 5.11. The second-order valence-electron chi connectivity index (χ2n) is 3.00. The summed E-state index contributed by atoms with van der Waals surface area (Å²) in [7, 11) is 0. The molecular weight excluding hydrogens is 140 g/mol. The Morgan fingerprint density at radius 1 is 1.27 bits per heavy atom. The van der Waals surface area contributed by atoms with Gasteiger partial charge in [0, 0.05) is 5.41 Å². The molecule has 0 saturated carbocycles. The number of hydrogen-bond donors (Lipinski definition) is 0. The van der Waals surface area contributed by atoms with E-state index >= 15 is 0 Å². The van der Waals surface area contributed by atoms with Crippen molar-refractivity contribution in [1.29, 1.82) is 0 Å². The molecule has 0 aliphatic rings. The molecule has 0 spiro atoms. The van der Waals surface area contributed by atoms with Gasteiger partial charge in [-0.2, -0.15) is 4.98 Å². The maximum atomic E-state index is 4.58. The average molecular weight is 156 g/mol. The van der Waals surface area contributed by atoms with Gasteiger partial charge in [-0.25, -0.2) is 0 Å². The normalized spacial score (nSPS) is 10.3. The van der Waals surface area contributed by atoms with Crippen molar-refractivity contribution in [2.45, 2.75) is 40.0 Å². The van der Waals surface area contributed by atoms with E-state index in [-0.39, 0.29) is 5.41 Å². The lowest BCUT2D eigenvalue weighted by Gasteiger charge is -2.10. The lowest BCUT2D eigenvalue weighted by atomic mass is 9.96. The molecule has 0 aliphatic heterocycles. The van der Waals surface area contributed by atoms with Crippen molar-refractivity contribution in [1.82, 2.24) is 10.1 Å². The third kappa shape index (κ3) is 3.16. The van der Waals surface area contributed by atoms with Crippen molar-refractivity contribution in [3.8, 4) is 0 Å². The minimum atomic E-state index is 0.00694. The Bertz CT molecular complexity index is 174. The lowest BCUT2D eigenvalue weighted by Crippen LogP contribution is -2.12. The highest BCUT2D eigenvalue weighted by Crippen LogP contribution is 2.16. The largest absolute Gasteiger partial charge is 0.343 e. The van der Waals surface area contributed by atoms with E-state index in [4.69, 9.17) is 0 Å². The van der Waals surface area contributed by atoms with Crippen LogP contribution in [0, 0.1) is 0 Å². The highest BCUT2D eigenvalue weighted by Gasteiger charge is 2.17. The SMILES string of the molecule is CC.CC(C)(C)c1ncon1. The van der Waals surface area contributed by atoms with E-state index in [9.17, 15) is 0 Å². The zero-order valence-corrected chi connectivity index (χ0v) is 7.88. The number of nitrogens with zero attached hydrogens (tertiary/aromatic N) is 2. The maximum absolute atomic E-state index is 4.58. The molecule has 0 unspecified atom stereocenters. The summed E-state index contributed by atoms with van der Waals surface area (Å²) in [5, 5.41) is 3.70. The van der Waals surface area contributed by atoms with Gasteiger partial charge < -0.3 is 4.52 Å². The standard InChI is InChI=1S/C6H10N2O.C2H6/c1-6(2,3)5-7-4-9-8-5;1-2/h4H,1-3H3;1-2H3. The Hall–Kier alpha value is -0.860. The second kappa shape index (κ2) is 4.11. The van der Waals surface area contributed by atoms with Crippen molar-refractivity contribution in [2.24, 2.45) is 0 Å². The molecule has 0 radical (unpaired) electrons. The van der Waals surface area contributed by atoms with Gasteiger partial charge in [-0.05, 0) is 0 Å². The van der Waals surface area contributed by atoms with Gasteiger partial charge in [0.05, 0.1) is 0 Å². The smallest absolute Gasteiger partial charge is 0.213 e. The Kier molecular flexibility index (Phi) is 3.79. The third-order valence-electron chi connectivity index (χ3n) is 1.03. The van der Waals surface area contributed by atoms with Gasteiger partial charge in [0.25, 0.3) is 0 Å². The number of aromatic nitrogens is 2. The van der Waals surface area contributed by atoms with Gasteiger partial charge in [0.15, 0.2) is 5.82 Å². The van der Waals surface area contributed by atoms with E-state index in [1.54, 1.807) is 0 Å². The molecule has 1 aromatic rings. The summed E-state index contributed by atoms with van der Waals surface area (Å²) in [4.78, 5) is 3.91. The summed E-state index contributed by atoms with van der Waals surface area (Å²) in [5.41, 5.74) is 0.00694. The van der Waals surface area contributed by atoms with Crippen molar-refractivity contribution < 1.29 is 4.52 Å². The minimum Gasteiger partial charge on any atom is -0.343 e. The zero-order valence-electron chi connectivity index (χ0n) is 7.88. The minimum absolute atomic E-state index is 0.00694. The van der Waals surface area contributed by atoms with Gasteiger partial charge in [0.1, 0.15) is 0 Å². The topological polar surface area (TPSA) is 38.9 Å². The number of rotatable bonds is 0. The highest BCUT2D eigenvalue weighted by atomic mass is 16.5. The summed E-state index contributed by atoms with van der Waals surface area (Å²) in [6, 6.07) is 0. The molecule has 0 atom stereocenters. The Morgan fingerprint density at radius 3 is 2.00 bits per heavy atom. The molecule has 3 nitrogen and oxygen atoms in total. The van der Waals surface area contributed by atoms with Gasteiger partial charge in [-0.3, -0.25) is 0 Å². The number of hydrogen-bond acceptors (Lipinski definition) is 3. The van der Waals surface area contributed by atoms with Crippen LogP contribution in [0.2, 0.25) is 0 Å². The highest BCUT2D eigenvalue weighted by molar-refractivity contribution is 4.96. The van der Waals surface area contributed by atoms with Crippen LogP contribution in [0.1, 0.15) is 40.4 Å². The lowest BCUT2D eigenvalue weighted by molar-refractivity contribution is 0.392. The fourth-order valence-corrected chi connectivity index (χ4v) is 0.501. The summed E-state index contributed by atoms with van der Waals surface area (Å²) >= 11 is 0. The predicted molar refractivity (Wildman–Crippen MR) is 44.3 cm³/mol. The van der Waals surface area contributed by atoms with E-state index in [0.717, 1.165) is 5.82 Å². The summed E-state index contributed by atoms with van der Waals surface area (Å²) in [5.74, 6) is 0.752. The zero-order chi connectivity index (χ0) is 8.91. The van der Waals surface area contributed by atoms with Crippen LogP contribution in [0.3, 0.4) is 0 Å². The van der Waals surface area contributed by atoms with E-state index in [1.807, 2.05) is 34.6 Å². The van der Waals surface area contributed by atoms with Crippen LogP contribution in [0.5, 0.6) is 0 Å². The van der Waals surface area contributed by atoms with E-state index in [0.29, 0.717) is 0 Å². The molecule has 0 fully saturated rings. The molecule has 0 amide bonds.